The Kier molecular flexibility index (Phi) is 3.92. The maximum absolute atomic E-state index is 12.8. The van der Waals surface area contributed by atoms with Crippen molar-refractivity contribution in [3.05, 3.63) is 23.8 Å². The molecule has 0 radical (unpaired) electrons. The summed E-state index contributed by atoms with van der Waals surface area (Å²) in [5.74, 6) is 0.627. The second-order valence-electron chi connectivity index (χ2n) is 5.41. The van der Waals surface area contributed by atoms with Crippen molar-refractivity contribution in [3.63, 3.8) is 0 Å². The van der Waals surface area contributed by atoms with Gasteiger partial charge in [-0.15, -0.1) is 0 Å². The molecule has 5 heteroatoms. The summed E-state index contributed by atoms with van der Waals surface area (Å²) in [5.41, 5.74) is 4.89. The van der Waals surface area contributed by atoms with Crippen LogP contribution in [0.1, 0.15) is 38.2 Å². The van der Waals surface area contributed by atoms with Crippen LogP contribution in [0.4, 0.5) is 24.5 Å². The first kappa shape index (κ1) is 14.0. The zero-order chi connectivity index (χ0) is 14.0. The van der Waals surface area contributed by atoms with Crippen LogP contribution in [0.15, 0.2) is 18.2 Å². The molecule has 2 rings (SSSR count). The van der Waals surface area contributed by atoms with Crippen LogP contribution in [-0.4, -0.2) is 6.04 Å². The molecule has 2 atom stereocenters. The fourth-order valence-electron chi connectivity index (χ4n) is 2.69. The van der Waals surface area contributed by atoms with Gasteiger partial charge in [-0.1, -0.05) is 19.8 Å². The Morgan fingerprint density at radius 1 is 1.26 bits per heavy atom. The molecule has 0 heterocycles. The number of nitrogens with two attached hydrogens (primary N) is 1. The molecule has 1 saturated carbocycles. The minimum atomic E-state index is -4.40. The monoisotopic (exact) mass is 272 g/mol. The van der Waals surface area contributed by atoms with E-state index < -0.39 is 11.7 Å². The third-order valence-corrected chi connectivity index (χ3v) is 3.67. The zero-order valence-corrected chi connectivity index (χ0v) is 10.9. The molecule has 0 amide bonds. The molecule has 0 aliphatic heterocycles. The molecule has 1 aliphatic carbocycles. The maximum Gasteiger partial charge on any atom is 0.418 e. The lowest BCUT2D eigenvalue weighted by Gasteiger charge is -2.28. The van der Waals surface area contributed by atoms with Crippen molar-refractivity contribution in [1.29, 1.82) is 0 Å². The summed E-state index contributed by atoms with van der Waals surface area (Å²) in [6.45, 7) is 2.18. The second-order valence-corrected chi connectivity index (χ2v) is 5.41. The quantitative estimate of drug-likeness (QED) is 0.789. The highest BCUT2D eigenvalue weighted by molar-refractivity contribution is 5.58. The molecule has 0 bridgehead atoms. The van der Waals surface area contributed by atoms with Gasteiger partial charge in [-0.3, -0.25) is 0 Å². The van der Waals surface area contributed by atoms with E-state index in [1.807, 2.05) is 0 Å². The van der Waals surface area contributed by atoms with Gasteiger partial charge in [-0.05, 0) is 37.0 Å². The second kappa shape index (κ2) is 5.31. The molecule has 3 N–H and O–H groups in total. The van der Waals surface area contributed by atoms with E-state index in [9.17, 15) is 13.2 Å². The van der Waals surface area contributed by atoms with Crippen LogP contribution in [0.2, 0.25) is 0 Å². The number of nitrogen functional groups attached to an aromatic ring is 1. The van der Waals surface area contributed by atoms with Crippen LogP contribution >= 0.6 is 0 Å². The molecule has 2 nitrogen and oxygen atoms in total. The predicted octanol–water partition coefficient (Wildman–Crippen LogP) is 4.28. The van der Waals surface area contributed by atoms with E-state index in [0.29, 0.717) is 11.6 Å². The smallest absolute Gasteiger partial charge is 0.398 e. The van der Waals surface area contributed by atoms with E-state index in [0.717, 1.165) is 25.3 Å². The topological polar surface area (TPSA) is 38.0 Å². The lowest BCUT2D eigenvalue weighted by atomic mass is 9.87. The van der Waals surface area contributed by atoms with Crippen LogP contribution in [0.5, 0.6) is 0 Å². The van der Waals surface area contributed by atoms with Gasteiger partial charge in [0, 0.05) is 17.4 Å². The lowest BCUT2D eigenvalue weighted by Crippen LogP contribution is -2.26. The predicted molar refractivity (Wildman–Crippen MR) is 70.9 cm³/mol. The van der Waals surface area contributed by atoms with E-state index in [1.165, 1.54) is 12.5 Å². The Balaban J connectivity index is 2.13. The van der Waals surface area contributed by atoms with Gasteiger partial charge in [0.1, 0.15) is 0 Å². The van der Waals surface area contributed by atoms with Gasteiger partial charge in [-0.25, -0.2) is 0 Å². The van der Waals surface area contributed by atoms with Crippen LogP contribution < -0.4 is 11.1 Å². The minimum Gasteiger partial charge on any atom is -0.398 e. The summed E-state index contributed by atoms with van der Waals surface area (Å²) in [6, 6.07) is 4.30. The van der Waals surface area contributed by atoms with Crippen molar-refractivity contribution in [2.75, 3.05) is 11.1 Å². The van der Waals surface area contributed by atoms with Crippen LogP contribution in [-0.2, 0) is 6.18 Å². The molecule has 19 heavy (non-hydrogen) atoms. The lowest BCUT2D eigenvalue weighted by molar-refractivity contribution is -0.136. The van der Waals surface area contributed by atoms with Crippen molar-refractivity contribution in [2.24, 2.45) is 5.92 Å². The van der Waals surface area contributed by atoms with Gasteiger partial charge >= 0.3 is 6.18 Å². The van der Waals surface area contributed by atoms with E-state index in [-0.39, 0.29) is 11.7 Å². The Labute approximate surface area is 111 Å². The molecule has 1 fully saturated rings. The van der Waals surface area contributed by atoms with Crippen LogP contribution in [0, 0.1) is 5.92 Å². The van der Waals surface area contributed by atoms with Gasteiger partial charge in [-0.2, -0.15) is 13.2 Å². The standard InChI is InChI=1S/C14H19F3N2/c1-9-3-2-4-10(7-9)19-11-5-6-13(18)12(8-11)14(15,16)17/h5-6,8-10,19H,2-4,7,18H2,1H3. The number of hydrogen-bond acceptors (Lipinski definition) is 2. The van der Waals surface area contributed by atoms with E-state index in [4.69, 9.17) is 5.73 Å². The van der Waals surface area contributed by atoms with Gasteiger partial charge < -0.3 is 11.1 Å². The van der Waals surface area contributed by atoms with Crippen LogP contribution in [0.25, 0.3) is 0 Å². The van der Waals surface area contributed by atoms with Gasteiger partial charge in [0.05, 0.1) is 5.56 Å². The highest BCUT2D eigenvalue weighted by Crippen LogP contribution is 2.36. The SMILES string of the molecule is CC1CCCC(Nc2ccc(N)c(C(F)(F)F)c2)C1. The number of hydrogen-bond donors (Lipinski definition) is 2. The normalized spacial score (nSPS) is 24.2. The van der Waals surface area contributed by atoms with E-state index in [2.05, 4.69) is 12.2 Å². The first-order chi connectivity index (χ1) is 8.86. The van der Waals surface area contributed by atoms with Crippen LogP contribution in [0.3, 0.4) is 0 Å². The summed E-state index contributed by atoms with van der Waals surface area (Å²) >= 11 is 0. The molecular formula is C14H19F3N2. The molecule has 2 unspecified atom stereocenters. The number of benzene rings is 1. The summed E-state index contributed by atoms with van der Waals surface area (Å²) in [6.07, 6.45) is -0.0585. The van der Waals surface area contributed by atoms with Crippen molar-refractivity contribution in [2.45, 2.75) is 44.8 Å². The Morgan fingerprint density at radius 2 is 2.00 bits per heavy atom. The third-order valence-electron chi connectivity index (χ3n) is 3.67. The van der Waals surface area contributed by atoms with E-state index >= 15 is 0 Å². The fraction of sp³-hybridized carbons (Fsp3) is 0.571. The Hall–Kier alpha value is -1.39. The number of nitrogens with one attached hydrogen (secondary N) is 1. The summed E-state index contributed by atoms with van der Waals surface area (Å²) in [4.78, 5) is 0. The highest BCUT2D eigenvalue weighted by Gasteiger charge is 2.33. The average Bonchev–Trinajstić information content (AvgIpc) is 2.30. The Bertz CT molecular complexity index is 443. The molecule has 106 valence electrons. The molecular weight excluding hydrogens is 253 g/mol. The fourth-order valence-corrected chi connectivity index (χ4v) is 2.69. The number of rotatable bonds is 2. The number of halogens is 3. The largest absolute Gasteiger partial charge is 0.418 e. The zero-order valence-electron chi connectivity index (χ0n) is 10.9. The molecule has 0 aromatic heterocycles. The van der Waals surface area contributed by atoms with E-state index in [1.54, 1.807) is 6.07 Å². The third kappa shape index (κ3) is 3.55. The minimum absolute atomic E-state index is 0.227. The average molecular weight is 272 g/mol. The van der Waals surface area contributed by atoms with Gasteiger partial charge in [0.2, 0.25) is 0 Å². The molecule has 0 saturated heterocycles. The molecule has 1 aromatic rings. The molecule has 0 spiro atoms. The van der Waals surface area contributed by atoms with Crippen molar-refractivity contribution >= 4 is 11.4 Å². The Morgan fingerprint density at radius 3 is 2.63 bits per heavy atom. The number of alkyl halides is 3. The highest BCUT2D eigenvalue weighted by atomic mass is 19.4. The van der Waals surface area contributed by atoms with Gasteiger partial charge in [0.15, 0.2) is 0 Å². The molecule has 1 aliphatic rings. The van der Waals surface area contributed by atoms with Gasteiger partial charge in [0.25, 0.3) is 0 Å². The first-order valence-electron chi connectivity index (χ1n) is 6.59. The summed E-state index contributed by atoms with van der Waals surface area (Å²) in [7, 11) is 0. The summed E-state index contributed by atoms with van der Waals surface area (Å²) < 4.78 is 38.3. The maximum atomic E-state index is 12.8. The summed E-state index contributed by atoms with van der Waals surface area (Å²) in [5, 5.41) is 3.20. The van der Waals surface area contributed by atoms with Crippen molar-refractivity contribution in [3.8, 4) is 0 Å². The van der Waals surface area contributed by atoms with Crippen molar-refractivity contribution < 1.29 is 13.2 Å². The first-order valence-corrected chi connectivity index (χ1v) is 6.59. The molecule has 1 aromatic carbocycles. The number of anilines is 2. The van der Waals surface area contributed by atoms with Crippen molar-refractivity contribution in [1.82, 2.24) is 0 Å².